The van der Waals surface area contributed by atoms with Gasteiger partial charge in [0.15, 0.2) is 0 Å². The van der Waals surface area contributed by atoms with Gasteiger partial charge in [-0.2, -0.15) is 11.8 Å². The lowest BCUT2D eigenvalue weighted by Gasteiger charge is -2.29. The van der Waals surface area contributed by atoms with Crippen LogP contribution in [-0.4, -0.2) is 30.0 Å². The van der Waals surface area contributed by atoms with Crippen molar-refractivity contribution in [1.82, 2.24) is 5.32 Å². The molecule has 0 saturated heterocycles. The lowest BCUT2D eigenvalue weighted by atomic mass is 9.86. The number of hydrogen-bond donors (Lipinski definition) is 2. The van der Waals surface area contributed by atoms with E-state index in [2.05, 4.69) is 12.2 Å². The maximum Gasteiger partial charge on any atom is 0.230 e. The molecular weight excluding hydrogens is 220 g/mol. The Labute approximate surface area is 103 Å². The summed E-state index contributed by atoms with van der Waals surface area (Å²) in [5, 5.41) is 3.15. The van der Waals surface area contributed by atoms with Crippen molar-refractivity contribution < 1.29 is 4.79 Å². The Hall–Kier alpha value is -0.220. The third-order valence-corrected chi connectivity index (χ3v) is 4.23. The average molecular weight is 244 g/mol. The summed E-state index contributed by atoms with van der Waals surface area (Å²) in [5.41, 5.74) is 5.40. The minimum atomic E-state index is 0.195. The molecule has 2 atom stereocenters. The topological polar surface area (TPSA) is 55.1 Å². The van der Waals surface area contributed by atoms with E-state index in [9.17, 15) is 4.79 Å². The van der Waals surface area contributed by atoms with Gasteiger partial charge < -0.3 is 11.1 Å². The lowest BCUT2D eigenvalue weighted by Crippen LogP contribution is -2.41. The Morgan fingerprint density at radius 3 is 2.88 bits per heavy atom. The van der Waals surface area contributed by atoms with Crippen molar-refractivity contribution in [3.05, 3.63) is 0 Å². The molecular formula is C12H24N2OS. The van der Waals surface area contributed by atoms with Gasteiger partial charge in [-0.1, -0.05) is 19.8 Å². The van der Waals surface area contributed by atoms with Crippen LogP contribution in [0.2, 0.25) is 0 Å². The molecule has 1 aliphatic carbocycles. The Kier molecular flexibility index (Phi) is 6.88. The molecule has 0 heterocycles. The van der Waals surface area contributed by atoms with Gasteiger partial charge in [-0.25, -0.2) is 0 Å². The molecule has 0 spiro atoms. The second-order valence-corrected chi connectivity index (χ2v) is 5.74. The second-order valence-electron chi connectivity index (χ2n) is 4.63. The summed E-state index contributed by atoms with van der Waals surface area (Å²) in [4.78, 5) is 11.7. The fourth-order valence-corrected chi connectivity index (χ4v) is 2.91. The molecule has 1 saturated carbocycles. The second kappa shape index (κ2) is 7.96. The quantitative estimate of drug-likeness (QED) is 0.700. The van der Waals surface area contributed by atoms with Gasteiger partial charge in [0.25, 0.3) is 0 Å². The number of rotatable bonds is 6. The number of nitrogens with two attached hydrogens (primary N) is 1. The molecule has 3 N–H and O–H groups in total. The summed E-state index contributed by atoms with van der Waals surface area (Å²) >= 11 is 1.68. The standard InChI is InChI=1S/C12H24N2OS/c1-10-5-2-3-6-11(10)14-12(15)9-16-8-4-7-13/h10-11H,2-9,13H2,1H3,(H,14,15). The minimum absolute atomic E-state index is 0.195. The summed E-state index contributed by atoms with van der Waals surface area (Å²) in [6, 6.07) is 0.413. The Morgan fingerprint density at radius 2 is 2.19 bits per heavy atom. The molecule has 1 aliphatic rings. The van der Waals surface area contributed by atoms with Crippen LogP contribution in [0.5, 0.6) is 0 Å². The van der Waals surface area contributed by atoms with E-state index in [1.54, 1.807) is 11.8 Å². The van der Waals surface area contributed by atoms with Crippen molar-refractivity contribution in [2.24, 2.45) is 11.7 Å². The van der Waals surface area contributed by atoms with E-state index in [1.807, 2.05) is 0 Å². The van der Waals surface area contributed by atoms with Crippen molar-refractivity contribution >= 4 is 17.7 Å². The van der Waals surface area contributed by atoms with Crippen LogP contribution in [0.3, 0.4) is 0 Å². The third-order valence-electron chi connectivity index (χ3n) is 3.18. The highest BCUT2D eigenvalue weighted by molar-refractivity contribution is 7.99. The van der Waals surface area contributed by atoms with E-state index in [0.717, 1.165) is 18.6 Å². The van der Waals surface area contributed by atoms with Crippen molar-refractivity contribution in [3.63, 3.8) is 0 Å². The van der Waals surface area contributed by atoms with Crippen LogP contribution in [0.15, 0.2) is 0 Å². The molecule has 0 aromatic rings. The summed E-state index contributed by atoms with van der Waals surface area (Å²) in [5.74, 6) is 2.42. The first-order valence-corrected chi connectivity index (χ1v) is 7.46. The zero-order valence-electron chi connectivity index (χ0n) is 10.2. The van der Waals surface area contributed by atoms with Gasteiger partial charge in [0.05, 0.1) is 5.75 Å². The third kappa shape index (κ3) is 5.21. The first-order chi connectivity index (χ1) is 7.74. The fraction of sp³-hybridized carbons (Fsp3) is 0.917. The van der Waals surface area contributed by atoms with Gasteiger partial charge in [-0.05, 0) is 37.5 Å². The monoisotopic (exact) mass is 244 g/mol. The van der Waals surface area contributed by atoms with Crippen LogP contribution in [0.4, 0.5) is 0 Å². The number of thioether (sulfide) groups is 1. The van der Waals surface area contributed by atoms with Crippen LogP contribution in [0.1, 0.15) is 39.0 Å². The van der Waals surface area contributed by atoms with Crippen LogP contribution in [0.25, 0.3) is 0 Å². The molecule has 16 heavy (non-hydrogen) atoms. The zero-order chi connectivity index (χ0) is 11.8. The van der Waals surface area contributed by atoms with Crippen LogP contribution < -0.4 is 11.1 Å². The molecule has 0 aromatic carbocycles. The number of nitrogens with one attached hydrogen (secondary N) is 1. The molecule has 0 radical (unpaired) electrons. The fourth-order valence-electron chi connectivity index (χ4n) is 2.13. The first kappa shape index (κ1) is 13.8. The van der Waals surface area contributed by atoms with Gasteiger partial charge in [0, 0.05) is 6.04 Å². The predicted molar refractivity (Wildman–Crippen MR) is 70.6 cm³/mol. The van der Waals surface area contributed by atoms with E-state index in [4.69, 9.17) is 5.73 Å². The molecule has 4 heteroatoms. The van der Waals surface area contributed by atoms with Crippen molar-refractivity contribution in [3.8, 4) is 0 Å². The number of hydrogen-bond acceptors (Lipinski definition) is 3. The SMILES string of the molecule is CC1CCCCC1NC(=O)CSCCCN. The lowest BCUT2D eigenvalue weighted by molar-refractivity contribution is -0.119. The van der Waals surface area contributed by atoms with E-state index in [-0.39, 0.29) is 5.91 Å². The highest BCUT2D eigenvalue weighted by Gasteiger charge is 2.22. The van der Waals surface area contributed by atoms with E-state index >= 15 is 0 Å². The smallest absolute Gasteiger partial charge is 0.230 e. The maximum atomic E-state index is 11.7. The van der Waals surface area contributed by atoms with Gasteiger partial charge in [0.1, 0.15) is 0 Å². The predicted octanol–water partition coefficient (Wildman–Crippen LogP) is 1.76. The first-order valence-electron chi connectivity index (χ1n) is 6.31. The molecule has 0 aromatic heterocycles. The van der Waals surface area contributed by atoms with Crippen LogP contribution in [0, 0.1) is 5.92 Å². The highest BCUT2D eigenvalue weighted by Crippen LogP contribution is 2.23. The van der Waals surface area contributed by atoms with E-state index < -0.39 is 0 Å². The summed E-state index contributed by atoms with van der Waals surface area (Å²) in [7, 11) is 0. The molecule has 0 bridgehead atoms. The van der Waals surface area contributed by atoms with Crippen molar-refractivity contribution in [1.29, 1.82) is 0 Å². The number of amides is 1. The van der Waals surface area contributed by atoms with E-state index in [1.165, 1.54) is 19.3 Å². The largest absolute Gasteiger partial charge is 0.352 e. The number of carbonyl (C=O) groups excluding carboxylic acids is 1. The summed E-state index contributed by atoms with van der Waals surface area (Å²) < 4.78 is 0. The van der Waals surface area contributed by atoms with Gasteiger partial charge in [-0.15, -0.1) is 0 Å². The minimum Gasteiger partial charge on any atom is -0.352 e. The van der Waals surface area contributed by atoms with Crippen molar-refractivity contribution in [2.75, 3.05) is 18.1 Å². The molecule has 1 rings (SSSR count). The molecule has 2 unspecified atom stereocenters. The van der Waals surface area contributed by atoms with Crippen LogP contribution >= 0.6 is 11.8 Å². The normalized spacial score (nSPS) is 25.4. The van der Waals surface area contributed by atoms with Gasteiger partial charge in [0.2, 0.25) is 5.91 Å². The van der Waals surface area contributed by atoms with Gasteiger partial charge in [-0.3, -0.25) is 4.79 Å². The summed E-state index contributed by atoms with van der Waals surface area (Å²) in [6.07, 6.45) is 5.98. The van der Waals surface area contributed by atoms with E-state index in [0.29, 0.717) is 24.3 Å². The highest BCUT2D eigenvalue weighted by atomic mass is 32.2. The molecule has 3 nitrogen and oxygen atoms in total. The molecule has 1 amide bonds. The van der Waals surface area contributed by atoms with Crippen LogP contribution in [-0.2, 0) is 4.79 Å². The summed E-state index contributed by atoms with van der Waals surface area (Å²) in [6.45, 7) is 2.96. The van der Waals surface area contributed by atoms with Gasteiger partial charge >= 0.3 is 0 Å². The maximum absolute atomic E-state index is 11.7. The molecule has 1 fully saturated rings. The zero-order valence-corrected chi connectivity index (χ0v) is 11.0. The Balaban J connectivity index is 2.12. The Morgan fingerprint density at radius 1 is 1.44 bits per heavy atom. The number of carbonyl (C=O) groups is 1. The van der Waals surface area contributed by atoms with Crippen molar-refractivity contribution in [2.45, 2.75) is 45.1 Å². The molecule has 0 aliphatic heterocycles. The average Bonchev–Trinajstić information content (AvgIpc) is 2.28. The molecule has 94 valence electrons. The Bertz CT molecular complexity index is 211.